The highest BCUT2D eigenvalue weighted by Gasteiger charge is 2.19. The predicted octanol–water partition coefficient (Wildman–Crippen LogP) is 1.29. The van der Waals surface area contributed by atoms with Gasteiger partial charge in [0, 0.05) is 12.0 Å². The van der Waals surface area contributed by atoms with E-state index < -0.39 is 21.2 Å². The first-order valence-electron chi connectivity index (χ1n) is 5.86. The van der Waals surface area contributed by atoms with Gasteiger partial charge in [0.25, 0.3) is 5.91 Å². The highest BCUT2D eigenvalue weighted by atomic mass is 32.2. The van der Waals surface area contributed by atoms with E-state index in [1.807, 2.05) is 4.72 Å². The first-order valence-corrected chi connectivity index (χ1v) is 7.41. The van der Waals surface area contributed by atoms with Crippen molar-refractivity contribution in [3.05, 3.63) is 35.4 Å². The van der Waals surface area contributed by atoms with Gasteiger partial charge in [-0.05, 0) is 38.5 Å². The molecule has 0 heterocycles. The average molecular weight is 283 g/mol. The molecule has 0 aliphatic rings. The number of hydrogen-bond acceptors (Lipinski definition) is 4. The van der Waals surface area contributed by atoms with E-state index in [2.05, 4.69) is 0 Å². The van der Waals surface area contributed by atoms with Crippen molar-refractivity contribution in [2.24, 2.45) is 0 Å². The summed E-state index contributed by atoms with van der Waals surface area (Å²) in [5.74, 6) is -0.636. The number of rotatable bonds is 5. The van der Waals surface area contributed by atoms with Crippen molar-refractivity contribution in [1.82, 2.24) is 4.72 Å². The molecule has 1 aromatic rings. The van der Waals surface area contributed by atoms with Crippen molar-refractivity contribution in [3.63, 3.8) is 0 Å². The molecule has 0 saturated carbocycles. The predicted molar refractivity (Wildman–Crippen MR) is 72.3 cm³/mol. The minimum Gasteiger partial charge on any atom is -0.300 e. The van der Waals surface area contributed by atoms with E-state index >= 15 is 0 Å². The second kappa shape index (κ2) is 5.97. The van der Waals surface area contributed by atoms with Crippen LogP contribution in [0.3, 0.4) is 0 Å². The van der Waals surface area contributed by atoms with Crippen LogP contribution in [0.15, 0.2) is 24.3 Å². The Hall–Kier alpha value is -1.69. The Morgan fingerprint density at radius 2 is 1.68 bits per heavy atom. The van der Waals surface area contributed by atoms with Crippen molar-refractivity contribution in [2.75, 3.05) is 0 Å². The average Bonchev–Trinajstić information content (AvgIpc) is 2.28. The van der Waals surface area contributed by atoms with Crippen LogP contribution in [0.2, 0.25) is 0 Å². The van der Waals surface area contributed by atoms with E-state index in [4.69, 9.17) is 0 Å². The molecule has 0 atom stereocenters. The van der Waals surface area contributed by atoms with Gasteiger partial charge < -0.3 is 0 Å². The van der Waals surface area contributed by atoms with Crippen LogP contribution in [-0.4, -0.2) is 25.4 Å². The molecule has 0 radical (unpaired) electrons. The van der Waals surface area contributed by atoms with Crippen molar-refractivity contribution in [3.8, 4) is 0 Å². The Bertz CT molecular complexity index is 573. The SMILES string of the molecule is CC(=O)Cc1ccc(C(=O)NS(=O)(=O)C(C)C)cc1. The number of ketones is 1. The summed E-state index contributed by atoms with van der Waals surface area (Å²) in [5.41, 5.74) is 1.03. The number of nitrogens with one attached hydrogen (secondary N) is 1. The zero-order chi connectivity index (χ0) is 14.6. The van der Waals surface area contributed by atoms with Crippen LogP contribution in [0.5, 0.6) is 0 Å². The topological polar surface area (TPSA) is 80.3 Å². The standard InChI is InChI=1S/C13H17NO4S/c1-9(2)19(17,18)14-13(16)12-6-4-11(5-7-12)8-10(3)15/h4-7,9H,8H2,1-3H3,(H,14,16). The third-order valence-electron chi connectivity index (χ3n) is 2.52. The summed E-state index contributed by atoms with van der Waals surface area (Å²) in [7, 11) is -3.63. The summed E-state index contributed by atoms with van der Waals surface area (Å²) in [4.78, 5) is 22.7. The summed E-state index contributed by atoms with van der Waals surface area (Å²) in [6.07, 6.45) is 0.298. The number of Topliss-reactive ketones (excluding diaryl/α,β-unsaturated/α-hetero) is 1. The highest BCUT2D eigenvalue weighted by molar-refractivity contribution is 7.90. The van der Waals surface area contributed by atoms with E-state index in [0.717, 1.165) is 5.56 Å². The van der Waals surface area contributed by atoms with Crippen LogP contribution in [0, 0.1) is 0 Å². The first-order chi connectivity index (χ1) is 8.72. The minimum absolute atomic E-state index is 0.0274. The molecule has 6 heteroatoms. The molecule has 1 rings (SSSR count). The fraction of sp³-hybridized carbons (Fsp3) is 0.385. The summed E-state index contributed by atoms with van der Waals surface area (Å²) in [6.45, 7) is 4.47. The summed E-state index contributed by atoms with van der Waals surface area (Å²) in [5, 5.41) is -0.673. The normalized spacial score (nSPS) is 11.4. The summed E-state index contributed by atoms with van der Waals surface area (Å²) >= 11 is 0. The molecule has 0 spiro atoms. The molecule has 0 aliphatic heterocycles. The van der Waals surface area contributed by atoms with Crippen molar-refractivity contribution < 1.29 is 18.0 Å². The Morgan fingerprint density at radius 1 is 1.16 bits per heavy atom. The van der Waals surface area contributed by atoms with Gasteiger partial charge >= 0.3 is 0 Å². The molecule has 0 saturated heterocycles. The zero-order valence-corrected chi connectivity index (χ0v) is 12.0. The lowest BCUT2D eigenvalue weighted by molar-refractivity contribution is -0.116. The number of sulfonamides is 1. The number of benzene rings is 1. The van der Waals surface area contributed by atoms with E-state index in [-0.39, 0.29) is 11.3 Å². The maximum Gasteiger partial charge on any atom is 0.264 e. The zero-order valence-electron chi connectivity index (χ0n) is 11.1. The fourth-order valence-corrected chi connectivity index (χ4v) is 1.98. The van der Waals surface area contributed by atoms with Gasteiger partial charge in [-0.15, -0.1) is 0 Å². The molecule has 0 aromatic heterocycles. The molecule has 19 heavy (non-hydrogen) atoms. The minimum atomic E-state index is -3.63. The molecule has 1 N–H and O–H groups in total. The molecule has 0 bridgehead atoms. The van der Waals surface area contributed by atoms with Crippen molar-refractivity contribution >= 4 is 21.7 Å². The van der Waals surface area contributed by atoms with Gasteiger partial charge in [0.05, 0.1) is 5.25 Å². The third kappa shape index (κ3) is 4.48. The van der Waals surface area contributed by atoms with Crippen LogP contribution in [-0.2, 0) is 21.2 Å². The molecule has 104 valence electrons. The lowest BCUT2D eigenvalue weighted by atomic mass is 10.1. The maximum atomic E-state index is 11.7. The monoisotopic (exact) mass is 283 g/mol. The quantitative estimate of drug-likeness (QED) is 0.883. The van der Waals surface area contributed by atoms with Gasteiger partial charge in [-0.25, -0.2) is 13.1 Å². The van der Waals surface area contributed by atoms with Crippen LogP contribution in [0.1, 0.15) is 36.7 Å². The highest BCUT2D eigenvalue weighted by Crippen LogP contribution is 2.07. The van der Waals surface area contributed by atoms with Gasteiger partial charge in [0.2, 0.25) is 10.0 Å². The van der Waals surface area contributed by atoms with Crippen LogP contribution in [0.25, 0.3) is 0 Å². The number of amides is 1. The Labute approximate surface area is 113 Å². The molecule has 0 unspecified atom stereocenters. The number of hydrogen-bond donors (Lipinski definition) is 1. The van der Waals surface area contributed by atoms with Crippen molar-refractivity contribution in [1.29, 1.82) is 0 Å². The lowest BCUT2D eigenvalue weighted by Gasteiger charge is -2.09. The van der Waals surface area contributed by atoms with Crippen molar-refractivity contribution in [2.45, 2.75) is 32.4 Å². The number of carbonyl (C=O) groups is 2. The Balaban J connectivity index is 2.82. The summed E-state index contributed by atoms with van der Waals surface area (Å²) < 4.78 is 25.1. The molecule has 5 nitrogen and oxygen atoms in total. The molecular weight excluding hydrogens is 266 g/mol. The molecule has 1 amide bonds. The van der Waals surface area contributed by atoms with E-state index in [1.54, 1.807) is 12.1 Å². The summed E-state index contributed by atoms with van der Waals surface area (Å²) in [6, 6.07) is 6.28. The van der Waals surface area contributed by atoms with Gasteiger partial charge in [-0.2, -0.15) is 0 Å². The molecule has 0 aliphatic carbocycles. The second-order valence-electron chi connectivity index (χ2n) is 4.60. The smallest absolute Gasteiger partial charge is 0.264 e. The molecular formula is C13H17NO4S. The van der Waals surface area contributed by atoms with Gasteiger partial charge in [0.15, 0.2) is 0 Å². The second-order valence-corrected chi connectivity index (χ2v) is 6.84. The van der Waals surface area contributed by atoms with Gasteiger partial charge in [0.1, 0.15) is 5.78 Å². The van der Waals surface area contributed by atoms with Gasteiger partial charge in [-0.1, -0.05) is 12.1 Å². The first kappa shape index (κ1) is 15.4. The Morgan fingerprint density at radius 3 is 2.11 bits per heavy atom. The lowest BCUT2D eigenvalue weighted by Crippen LogP contribution is -2.35. The van der Waals surface area contributed by atoms with Crippen LogP contribution >= 0.6 is 0 Å². The number of carbonyl (C=O) groups excluding carboxylic acids is 2. The fourth-order valence-electron chi connectivity index (χ4n) is 1.37. The van der Waals surface area contributed by atoms with E-state index in [9.17, 15) is 18.0 Å². The van der Waals surface area contributed by atoms with E-state index in [1.165, 1.54) is 32.9 Å². The van der Waals surface area contributed by atoms with Crippen LogP contribution in [0.4, 0.5) is 0 Å². The maximum absolute atomic E-state index is 11.7. The Kier molecular flexibility index (Phi) is 4.83. The molecule has 1 aromatic carbocycles. The van der Waals surface area contributed by atoms with E-state index in [0.29, 0.717) is 6.42 Å². The largest absolute Gasteiger partial charge is 0.300 e. The van der Waals surface area contributed by atoms with Gasteiger partial charge in [-0.3, -0.25) is 9.59 Å². The molecule has 0 fully saturated rings. The van der Waals surface area contributed by atoms with Crippen LogP contribution < -0.4 is 4.72 Å². The third-order valence-corrected chi connectivity index (χ3v) is 4.24.